The highest BCUT2D eigenvalue weighted by Crippen LogP contribution is 2.28. The second kappa shape index (κ2) is 14.0. The van der Waals surface area contributed by atoms with E-state index >= 15 is 0 Å². The summed E-state index contributed by atoms with van der Waals surface area (Å²) < 4.78 is 13.2. The van der Waals surface area contributed by atoms with E-state index < -0.39 is 11.9 Å². The minimum Gasteiger partial charge on any atom is -0.494 e. The molecule has 4 aromatic rings. The number of para-hydroxylation sites is 1. The molecule has 0 aliphatic heterocycles. The van der Waals surface area contributed by atoms with E-state index in [4.69, 9.17) is 9.47 Å². The van der Waals surface area contributed by atoms with Crippen molar-refractivity contribution >= 4 is 40.8 Å². The number of aromatic nitrogens is 1. The molecule has 0 saturated heterocycles. The summed E-state index contributed by atoms with van der Waals surface area (Å²) in [4.78, 5) is 34.8. The molecule has 0 aliphatic carbocycles. The summed E-state index contributed by atoms with van der Waals surface area (Å²) in [6.07, 6.45) is 7.27. The van der Waals surface area contributed by atoms with E-state index in [9.17, 15) is 24.6 Å². The number of hydrogen-bond acceptors (Lipinski definition) is 5. The van der Waals surface area contributed by atoms with Gasteiger partial charge in [0.1, 0.15) is 18.0 Å². The maximum absolute atomic E-state index is 12.1. The molecule has 4 rings (SSSR count). The number of unbranched alkanes of at least 4 members (excludes halogenated alkanes) is 1. The summed E-state index contributed by atoms with van der Waals surface area (Å²) in [7, 11) is 0. The molecule has 41 heavy (non-hydrogen) atoms. The lowest BCUT2D eigenvalue weighted by Crippen LogP contribution is -2.07. The van der Waals surface area contributed by atoms with Crippen molar-refractivity contribution < 1.29 is 34.1 Å². The molecule has 0 aliphatic rings. The van der Waals surface area contributed by atoms with Gasteiger partial charge in [-0.1, -0.05) is 55.5 Å². The first-order valence-electron chi connectivity index (χ1n) is 13.6. The van der Waals surface area contributed by atoms with Crippen molar-refractivity contribution in [2.75, 3.05) is 13.2 Å². The highest BCUT2D eigenvalue weighted by molar-refractivity contribution is 5.98. The van der Waals surface area contributed by atoms with Crippen molar-refractivity contribution in [3.05, 3.63) is 95.2 Å². The summed E-state index contributed by atoms with van der Waals surface area (Å²) >= 11 is 0. The Labute approximate surface area is 238 Å². The molecule has 8 nitrogen and oxygen atoms in total. The molecule has 0 fully saturated rings. The normalized spacial score (nSPS) is 11.1. The van der Waals surface area contributed by atoms with Gasteiger partial charge >= 0.3 is 11.9 Å². The van der Waals surface area contributed by atoms with Crippen molar-refractivity contribution in [1.82, 2.24) is 4.57 Å². The number of ketones is 1. The van der Waals surface area contributed by atoms with Crippen LogP contribution in [0, 0.1) is 0 Å². The number of carboxylic acids is 2. The molecular formula is C33H33NO7. The summed E-state index contributed by atoms with van der Waals surface area (Å²) in [5, 5.41) is 19.3. The zero-order chi connectivity index (χ0) is 29.2. The number of aliphatic carboxylic acids is 2. The Morgan fingerprint density at radius 2 is 1.56 bits per heavy atom. The molecule has 0 unspecified atom stereocenters. The summed E-state index contributed by atoms with van der Waals surface area (Å²) in [5.41, 5.74) is 3.62. The predicted molar refractivity (Wildman–Crippen MR) is 158 cm³/mol. The molecule has 3 aromatic carbocycles. The molecule has 2 N–H and O–H groups in total. The Morgan fingerprint density at radius 1 is 0.829 bits per heavy atom. The fourth-order valence-electron chi connectivity index (χ4n) is 4.63. The maximum atomic E-state index is 12.1. The predicted octanol–water partition coefficient (Wildman–Crippen LogP) is 6.35. The van der Waals surface area contributed by atoms with Crippen LogP contribution >= 0.6 is 0 Å². The van der Waals surface area contributed by atoms with Gasteiger partial charge in [0, 0.05) is 23.5 Å². The summed E-state index contributed by atoms with van der Waals surface area (Å²) in [5.74, 6) is -0.534. The molecule has 212 valence electrons. The third-order valence-electron chi connectivity index (χ3n) is 6.57. The first-order chi connectivity index (χ1) is 19.9. The van der Waals surface area contributed by atoms with E-state index in [-0.39, 0.29) is 18.7 Å². The van der Waals surface area contributed by atoms with E-state index in [1.807, 2.05) is 73.7 Å². The Kier molecular flexibility index (Phi) is 9.94. The van der Waals surface area contributed by atoms with E-state index in [0.717, 1.165) is 35.1 Å². The van der Waals surface area contributed by atoms with E-state index in [1.54, 1.807) is 22.9 Å². The zero-order valence-corrected chi connectivity index (χ0v) is 22.9. The Hall–Kier alpha value is -4.85. The van der Waals surface area contributed by atoms with Gasteiger partial charge in [-0.25, -0.2) is 0 Å². The van der Waals surface area contributed by atoms with Crippen LogP contribution in [0.2, 0.25) is 0 Å². The van der Waals surface area contributed by atoms with Crippen molar-refractivity contribution in [2.24, 2.45) is 0 Å². The number of hydrogen-bond donors (Lipinski definition) is 2. The third kappa shape index (κ3) is 7.85. The number of carboxylic acid groups (broad SMARTS) is 2. The van der Waals surface area contributed by atoms with Gasteiger partial charge in [0.2, 0.25) is 0 Å². The first-order valence-corrected chi connectivity index (χ1v) is 13.6. The zero-order valence-electron chi connectivity index (χ0n) is 22.9. The molecule has 0 radical (unpaired) electrons. The van der Waals surface area contributed by atoms with Crippen LogP contribution in [0.1, 0.15) is 53.2 Å². The molecule has 0 spiro atoms. The van der Waals surface area contributed by atoms with E-state index in [2.05, 4.69) is 0 Å². The third-order valence-corrected chi connectivity index (χ3v) is 6.57. The Bertz CT molecular complexity index is 1550. The lowest BCUT2D eigenvalue weighted by Gasteiger charge is -2.10. The number of ether oxygens (including phenoxy) is 2. The van der Waals surface area contributed by atoms with Gasteiger partial charge in [-0.05, 0) is 59.9 Å². The largest absolute Gasteiger partial charge is 0.494 e. The van der Waals surface area contributed by atoms with E-state index in [1.165, 1.54) is 0 Å². The molecule has 0 bridgehead atoms. The fourth-order valence-corrected chi connectivity index (χ4v) is 4.63. The highest BCUT2D eigenvalue weighted by atomic mass is 16.5. The lowest BCUT2D eigenvalue weighted by atomic mass is 10.0. The van der Waals surface area contributed by atoms with Gasteiger partial charge < -0.3 is 24.3 Å². The quantitative estimate of drug-likeness (QED) is 0.0997. The first kappa shape index (κ1) is 29.1. The van der Waals surface area contributed by atoms with Gasteiger partial charge in [0.25, 0.3) is 0 Å². The smallest absolute Gasteiger partial charge is 0.323 e. The molecular weight excluding hydrogens is 522 g/mol. The number of carbonyl (C=O) groups is 3. The van der Waals surface area contributed by atoms with E-state index in [0.29, 0.717) is 42.0 Å². The maximum Gasteiger partial charge on any atom is 0.323 e. The number of Topliss-reactive ketones (excluding diaryl/α,β-unsaturated/α-hetero) is 1. The van der Waals surface area contributed by atoms with Crippen LogP contribution in [0.4, 0.5) is 0 Å². The molecule has 1 heterocycles. The molecule has 0 amide bonds. The van der Waals surface area contributed by atoms with Crippen LogP contribution in [0.25, 0.3) is 23.1 Å². The number of rotatable bonds is 15. The van der Waals surface area contributed by atoms with Crippen LogP contribution < -0.4 is 9.47 Å². The number of nitrogens with zero attached hydrogens (tertiary/aromatic N) is 1. The minimum absolute atomic E-state index is 0.0667. The van der Waals surface area contributed by atoms with Crippen LogP contribution in [0.15, 0.2) is 72.9 Å². The average Bonchev–Trinajstić information content (AvgIpc) is 3.30. The second-order valence-electron chi connectivity index (χ2n) is 9.57. The molecule has 1 aromatic heterocycles. The summed E-state index contributed by atoms with van der Waals surface area (Å²) in [6, 6.07) is 20.5. The van der Waals surface area contributed by atoms with Gasteiger partial charge in [-0.3, -0.25) is 14.4 Å². The Morgan fingerprint density at radius 3 is 2.27 bits per heavy atom. The van der Waals surface area contributed by atoms with Crippen LogP contribution in [0.3, 0.4) is 0 Å². The summed E-state index contributed by atoms with van der Waals surface area (Å²) in [6.45, 7) is 2.63. The van der Waals surface area contributed by atoms with Crippen molar-refractivity contribution in [3.63, 3.8) is 0 Å². The highest BCUT2D eigenvalue weighted by Gasteiger charge is 2.15. The molecule has 0 saturated carbocycles. The standard InChI is InChI=1S/C33H33NO7/c1-2-29(35)27-9-3-4-11-30(27)41-19-6-5-18-40-26-16-13-23(14-17-26)12-15-24-8-7-10-28-33(24)25(20-31(36)37)21-34(28)22-32(38)39/h3-4,7-17,21H,2,5-6,18-20,22H2,1H3,(H,36,37)(H,38,39)/b15-12+. The Balaban J connectivity index is 1.32. The SMILES string of the molecule is CCC(=O)c1ccccc1OCCCCOc1ccc(/C=C/c2cccc3c2c(CC(=O)O)cn3CC(=O)O)cc1. The van der Waals surface area contributed by atoms with Crippen molar-refractivity contribution in [1.29, 1.82) is 0 Å². The number of benzene rings is 3. The lowest BCUT2D eigenvalue weighted by molar-refractivity contribution is -0.138. The molecule has 8 heteroatoms. The van der Waals surface area contributed by atoms with Crippen molar-refractivity contribution in [3.8, 4) is 11.5 Å². The monoisotopic (exact) mass is 555 g/mol. The minimum atomic E-state index is -0.994. The fraction of sp³-hybridized carbons (Fsp3) is 0.242. The van der Waals surface area contributed by atoms with Gasteiger partial charge in [-0.15, -0.1) is 0 Å². The van der Waals surface area contributed by atoms with Gasteiger partial charge in [0.15, 0.2) is 5.78 Å². The molecule has 0 atom stereocenters. The average molecular weight is 556 g/mol. The van der Waals surface area contributed by atoms with Gasteiger partial charge in [-0.2, -0.15) is 0 Å². The second-order valence-corrected chi connectivity index (χ2v) is 9.57. The van der Waals surface area contributed by atoms with Crippen LogP contribution in [-0.4, -0.2) is 45.7 Å². The topological polar surface area (TPSA) is 115 Å². The number of fused-ring (bicyclic) bond motifs is 1. The van der Waals surface area contributed by atoms with Crippen LogP contribution in [0.5, 0.6) is 11.5 Å². The van der Waals surface area contributed by atoms with Crippen LogP contribution in [-0.2, 0) is 22.6 Å². The van der Waals surface area contributed by atoms with Crippen molar-refractivity contribution in [2.45, 2.75) is 39.2 Å². The van der Waals surface area contributed by atoms with Gasteiger partial charge in [0.05, 0.1) is 25.2 Å². The number of carbonyl (C=O) groups excluding carboxylic acids is 1.